The quantitative estimate of drug-likeness (QED) is 0.815. The zero-order chi connectivity index (χ0) is 10.8. The van der Waals surface area contributed by atoms with Gasteiger partial charge in [0.2, 0.25) is 0 Å². The van der Waals surface area contributed by atoms with E-state index < -0.39 is 0 Å². The van der Waals surface area contributed by atoms with Crippen molar-refractivity contribution >= 4 is 17.4 Å². The highest BCUT2D eigenvalue weighted by atomic mass is 32.1. The molecular weight excluding hydrogens is 192 g/mol. The second-order valence-electron chi connectivity index (χ2n) is 4.55. The summed E-state index contributed by atoms with van der Waals surface area (Å²) in [7, 11) is 0. The fourth-order valence-electron chi connectivity index (χ4n) is 0.958. The zero-order valence-corrected chi connectivity index (χ0v) is 10.1. The lowest BCUT2D eigenvalue weighted by Gasteiger charge is -2.13. The number of rotatable bonds is 2. The molecule has 0 amide bonds. The molecule has 2 N–H and O–H groups in total. The van der Waals surface area contributed by atoms with E-state index in [2.05, 4.69) is 31.1 Å². The van der Waals surface area contributed by atoms with E-state index in [1.54, 1.807) is 11.3 Å². The third kappa shape index (κ3) is 3.24. The van der Waals surface area contributed by atoms with Gasteiger partial charge in [-0.1, -0.05) is 26.8 Å². The van der Waals surface area contributed by atoms with Crippen molar-refractivity contribution in [3.63, 3.8) is 0 Å². The Balaban J connectivity index is 2.79. The van der Waals surface area contributed by atoms with Gasteiger partial charge in [0.05, 0.1) is 10.7 Å². The van der Waals surface area contributed by atoms with Crippen molar-refractivity contribution in [1.82, 2.24) is 4.98 Å². The van der Waals surface area contributed by atoms with E-state index in [1.807, 2.05) is 19.1 Å². The minimum Gasteiger partial charge on any atom is -0.325 e. The van der Waals surface area contributed by atoms with Crippen LogP contribution in [0.3, 0.4) is 0 Å². The van der Waals surface area contributed by atoms with E-state index in [9.17, 15) is 0 Å². The molecule has 1 atom stereocenters. The number of hydrogen-bond donors (Lipinski definition) is 1. The van der Waals surface area contributed by atoms with Crippen LogP contribution >= 0.6 is 11.3 Å². The normalized spacial score (nSPS) is 14.9. The summed E-state index contributed by atoms with van der Waals surface area (Å²) < 4.78 is 0. The number of aromatic nitrogens is 1. The Hall–Kier alpha value is -0.670. The molecule has 0 aliphatic heterocycles. The minimum absolute atomic E-state index is 0.0924. The summed E-state index contributed by atoms with van der Waals surface area (Å²) in [5.74, 6) is 0. The van der Waals surface area contributed by atoms with Crippen LogP contribution in [-0.4, -0.2) is 11.0 Å². The second kappa shape index (κ2) is 4.24. The van der Waals surface area contributed by atoms with Crippen LogP contribution in [0.5, 0.6) is 0 Å². The summed E-state index contributed by atoms with van der Waals surface area (Å²) in [4.78, 5) is 4.53. The lowest BCUT2D eigenvalue weighted by Crippen LogP contribution is -2.11. The maximum absolute atomic E-state index is 5.62. The Morgan fingerprint density at radius 3 is 2.57 bits per heavy atom. The van der Waals surface area contributed by atoms with Gasteiger partial charge in [0.1, 0.15) is 0 Å². The molecule has 0 aromatic carbocycles. The van der Waals surface area contributed by atoms with Crippen molar-refractivity contribution < 1.29 is 0 Å². The number of nitrogens with zero attached hydrogens (tertiary/aromatic N) is 1. The van der Waals surface area contributed by atoms with Crippen LogP contribution in [-0.2, 0) is 5.41 Å². The van der Waals surface area contributed by atoms with Crippen LogP contribution in [0.1, 0.15) is 38.4 Å². The van der Waals surface area contributed by atoms with Crippen molar-refractivity contribution in [2.45, 2.75) is 39.2 Å². The van der Waals surface area contributed by atoms with Crippen LogP contribution in [0.25, 0.3) is 6.08 Å². The van der Waals surface area contributed by atoms with Gasteiger partial charge < -0.3 is 5.73 Å². The maximum atomic E-state index is 5.62. The van der Waals surface area contributed by atoms with Crippen molar-refractivity contribution in [3.05, 3.63) is 22.2 Å². The summed E-state index contributed by atoms with van der Waals surface area (Å²) in [6.45, 7) is 8.47. The Bertz CT molecular complexity index is 318. The van der Waals surface area contributed by atoms with Gasteiger partial charge in [0.15, 0.2) is 0 Å². The first-order chi connectivity index (χ1) is 6.39. The molecule has 0 aliphatic carbocycles. The molecule has 1 heterocycles. The zero-order valence-electron chi connectivity index (χ0n) is 9.24. The van der Waals surface area contributed by atoms with Gasteiger partial charge in [0.25, 0.3) is 0 Å². The molecule has 1 aromatic rings. The Morgan fingerprint density at radius 2 is 2.14 bits per heavy atom. The predicted octanol–water partition coefficient (Wildman–Crippen LogP) is 2.80. The van der Waals surface area contributed by atoms with Gasteiger partial charge in [-0.2, -0.15) is 0 Å². The highest BCUT2D eigenvalue weighted by molar-refractivity contribution is 7.09. The molecule has 78 valence electrons. The SMILES string of the molecule is CC(N)/C=C/c1csc(C(C)(C)C)n1. The molecule has 0 saturated carbocycles. The van der Waals surface area contributed by atoms with E-state index in [1.165, 1.54) is 5.01 Å². The molecule has 0 saturated heterocycles. The van der Waals surface area contributed by atoms with Crippen LogP contribution in [0, 0.1) is 0 Å². The number of nitrogens with two attached hydrogens (primary N) is 1. The third-order valence-electron chi connectivity index (χ3n) is 1.73. The molecule has 14 heavy (non-hydrogen) atoms. The largest absolute Gasteiger partial charge is 0.325 e. The fraction of sp³-hybridized carbons (Fsp3) is 0.545. The van der Waals surface area contributed by atoms with Gasteiger partial charge in [0, 0.05) is 16.8 Å². The summed E-state index contributed by atoms with van der Waals surface area (Å²) in [5, 5.41) is 3.24. The third-order valence-corrected chi connectivity index (χ3v) is 3.02. The summed E-state index contributed by atoms with van der Waals surface area (Å²) in [6, 6.07) is 0.0924. The summed E-state index contributed by atoms with van der Waals surface area (Å²) in [5.41, 5.74) is 6.78. The minimum atomic E-state index is 0.0924. The molecular formula is C11H18N2S. The van der Waals surface area contributed by atoms with Crippen LogP contribution in [0.2, 0.25) is 0 Å². The Morgan fingerprint density at radius 1 is 1.50 bits per heavy atom. The molecule has 2 nitrogen and oxygen atoms in total. The highest BCUT2D eigenvalue weighted by Crippen LogP contribution is 2.25. The molecule has 0 bridgehead atoms. The first-order valence-corrected chi connectivity index (χ1v) is 5.67. The van der Waals surface area contributed by atoms with Gasteiger partial charge in [-0.25, -0.2) is 4.98 Å². The molecule has 0 aliphatic rings. The lowest BCUT2D eigenvalue weighted by molar-refractivity contribution is 0.585. The monoisotopic (exact) mass is 210 g/mol. The smallest absolute Gasteiger partial charge is 0.0985 e. The van der Waals surface area contributed by atoms with Gasteiger partial charge >= 0.3 is 0 Å². The topological polar surface area (TPSA) is 38.9 Å². The molecule has 1 unspecified atom stereocenters. The van der Waals surface area contributed by atoms with E-state index in [4.69, 9.17) is 5.73 Å². The summed E-state index contributed by atoms with van der Waals surface area (Å²) in [6.07, 6.45) is 3.94. The molecule has 0 fully saturated rings. The van der Waals surface area contributed by atoms with Crippen LogP contribution in [0.15, 0.2) is 11.5 Å². The van der Waals surface area contributed by atoms with Crippen molar-refractivity contribution in [3.8, 4) is 0 Å². The van der Waals surface area contributed by atoms with E-state index in [-0.39, 0.29) is 11.5 Å². The molecule has 0 spiro atoms. The standard InChI is InChI=1S/C11H18N2S/c1-8(12)5-6-9-7-14-10(13-9)11(2,3)4/h5-8H,12H2,1-4H3/b6-5+. The predicted molar refractivity (Wildman–Crippen MR) is 63.5 cm³/mol. The van der Waals surface area contributed by atoms with E-state index in [0.717, 1.165) is 5.69 Å². The average molecular weight is 210 g/mol. The van der Waals surface area contributed by atoms with E-state index in [0.29, 0.717) is 0 Å². The number of thiazole rings is 1. The maximum Gasteiger partial charge on any atom is 0.0985 e. The summed E-state index contributed by atoms with van der Waals surface area (Å²) >= 11 is 1.70. The molecule has 1 aromatic heterocycles. The highest BCUT2D eigenvalue weighted by Gasteiger charge is 2.17. The molecule has 0 radical (unpaired) electrons. The first kappa shape index (κ1) is 11.4. The van der Waals surface area contributed by atoms with Gasteiger partial charge in [-0.15, -0.1) is 11.3 Å². The van der Waals surface area contributed by atoms with E-state index >= 15 is 0 Å². The number of hydrogen-bond acceptors (Lipinski definition) is 3. The Labute approximate surface area is 89.9 Å². The van der Waals surface area contributed by atoms with Crippen molar-refractivity contribution in [1.29, 1.82) is 0 Å². The molecule has 1 rings (SSSR count). The van der Waals surface area contributed by atoms with Crippen molar-refractivity contribution in [2.24, 2.45) is 5.73 Å². The van der Waals surface area contributed by atoms with Crippen molar-refractivity contribution in [2.75, 3.05) is 0 Å². The average Bonchev–Trinajstić information content (AvgIpc) is 2.47. The van der Waals surface area contributed by atoms with Gasteiger partial charge in [-0.05, 0) is 13.0 Å². The second-order valence-corrected chi connectivity index (χ2v) is 5.40. The fourth-order valence-corrected chi connectivity index (χ4v) is 1.83. The van der Waals surface area contributed by atoms with Gasteiger partial charge in [-0.3, -0.25) is 0 Å². The first-order valence-electron chi connectivity index (χ1n) is 4.79. The van der Waals surface area contributed by atoms with Crippen LogP contribution < -0.4 is 5.73 Å². The lowest BCUT2D eigenvalue weighted by atomic mass is 9.98. The Kier molecular flexibility index (Phi) is 3.45. The molecule has 3 heteroatoms. The van der Waals surface area contributed by atoms with Crippen LogP contribution in [0.4, 0.5) is 0 Å².